The van der Waals surface area contributed by atoms with Gasteiger partial charge in [0.05, 0.1) is 11.3 Å². The van der Waals surface area contributed by atoms with Crippen molar-refractivity contribution >= 4 is 17.7 Å². The molecular weight excluding hydrogens is 384 g/mol. The van der Waals surface area contributed by atoms with Crippen LogP contribution in [0.25, 0.3) is 17.1 Å². The second-order valence-corrected chi connectivity index (χ2v) is 8.29. The number of thioether (sulfide) groups is 1. The third-order valence-electron chi connectivity index (χ3n) is 5.25. The largest absolute Gasteiger partial charge is 0.507 e. The van der Waals surface area contributed by atoms with E-state index in [1.807, 2.05) is 51.9 Å². The first kappa shape index (κ1) is 19.5. The summed E-state index contributed by atoms with van der Waals surface area (Å²) in [5.41, 5.74) is 1.49. The summed E-state index contributed by atoms with van der Waals surface area (Å²) in [7, 11) is 0. The second kappa shape index (κ2) is 8.69. The molecule has 7 heteroatoms. The average molecular weight is 409 g/mol. The SMILES string of the molecule is CC1CCN(C(=O)CSc2nnc(-c3ccccc3O)n2-c2ccccc2)CC1. The van der Waals surface area contributed by atoms with Crippen molar-refractivity contribution in [1.82, 2.24) is 19.7 Å². The van der Waals surface area contributed by atoms with Gasteiger partial charge < -0.3 is 10.0 Å². The molecule has 0 aliphatic carbocycles. The number of hydrogen-bond donors (Lipinski definition) is 1. The Kier molecular flexibility index (Phi) is 5.85. The van der Waals surface area contributed by atoms with Crippen LogP contribution >= 0.6 is 11.8 Å². The zero-order valence-electron chi connectivity index (χ0n) is 16.4. The van der Waals surface area contributed by atoms with Crippen LogP contribution in [0.5, 0.6) is 5.75 Å². The molecule has 0 unspecified atom stereocenters. The molecular formula is C22H24N4O2S. The van der Waals surface area contributed by atoms with Crippen molar-refractivity contribution in [1.29, 1.82) is 0 Å². The first-order chi connectivity index (χ1) is 14.1. The molecule has 1 aliphatic heterocycles. The molecule has 1 aliphatic rings. The Morgan fingerprint density at radius 1 is 1.07 bits per heavy atom. The van der Waals surface area contributed by atoms with E-state index >= 15 is 0 Å². The highest BCUT2D eigenvalue weighted by Crippen LogP contribution is 2.32. The van der Waals surface area contributed by atoms with E-state index in [0.717, 1.165) is 31.6 Å². The number of rotatable bonds is 5. The molecule has 6 nitrogen and oxygen atoms in total. The number of nitrogens with zero attached hydrogens (tertiary/aromatic N) is 4. The number of amides is 1. The molecule has 0 saturated carbocycles. The van der Waals surface area contributed by atoms with Crippen LogP contribution in [0.4, 0.5) is 0 Å². The highest BCUT2D eigenvalue weighted by atomic mass is 32.2. The van der Waals surface area contributed by atoms with Gasteiger partial charge in [-0.05, 0) is 43.0 Å². The minimum Gasteiger partial charge on any atom is -0.507 e. The van der Waals surface area contributed by atoms with Crippen molar-refractivity contribution in [2.24, 2.45) is 5.92 Å². The van der Waals surface area contributed by atoms with Gasteiger partial charge in [0, 0.05) is 18.8 Å². The Labute approximate surface area is 174 Å². The van der Waals surface area contributed by atoms with Crippen LogP contribution in [0, 0.1) is 5.92 Å². The van der Waals surface area contributed by atoms with Crippen LogP contribution in [0.2, 0.25) is 0 Å². The molecule has 3 aromatic rings. The zero-order chi connectivity index (χ0) is 20.2. The number of phenolic OH excluding ortho intramolecular Hbond substituents is 1. The average Bonchev–Trinajstić information content (AvgIpc) is 3.17. The summed E-state index contributed by atoms with van der Waals surface area (Å²) in [6.45, 7) is 3.89. The summed E-state index contributed by atoms with van der Waals surface area (Å²) in [5.74, 6) is 1.84. The Bertz CT molecular complexity index is 981. The van der Waals surface area contributed by atoms with Gasteiger partial charge in [-0.25, -0.2) is 0 Å². The predicted octanol–water partition coefficient (Wildman–Crippen LogP) is 3.99. The molecule has 4 rings (SSSR count). The summed E-state index contributed by atoms with van der Waals surface area (Å²) in [4.78, 5) is 14.6. The minimum absolute atomic E-state index is 0.133. The number of benzene rings is 2. The monoisotopic (exact) mass is 408 g/mol. The molecule has 1 fully saturated rings. The van der Waals surface area contributed by atoms with Crippen LogP contribution in [0.15, 0.2) is 59.8 Å². The Morgan fingerprint density at radius 3 is 2.48 bits per heavy atom. The third kappa shape index (κ3) is 4.29. The van der Waals surface area contributed by atoms with Crippen molar-refractivity contribution in [2.75, 3.05) is 18.8 Å². The number of piperidine rings is 1. The number of aromatic hydroxyl groups is 1. The van der Waals surface area contributed by atoms with E-state index in [2.05, 4.69) is 17.1 Å². The topological polar surface area (TPSA) is 71.2 Å². The number of carbonyl (C=O) groups excluding carboxylic acids is 1. The highest BCUT2D eigenvalue weighted by molar-refractivity contribution is 7.99. The maximum Gasteiger partial charge on any atom is 0.233 e. The van der Waals surface area contributed by atoms with E-state index in [4.69, 9.17) is 0 Å². The number of aromatic nitrogens is 3. The molecule has 0 radical (unpaired) electrons. The second-order valence-electron chi connectivity index (χ2n) is 7.35. The molecule has 1 amide bonds. The minimum atomic E-state index is 0.133. The smallest absolute Gasteiger partial charge is 0.233 e. The summed E-state index contributed by atoms with van der Waals surface area (Å²) in [5, 5.41) is 19.6. The van der Waals surface area contributed by atoms with Crippen LogP contribution in [-0.4, -0.2) is 49.5 Å². The lowest BCUT2D eigenvalue weighted by molar-refractivity contribution is -0.129. The number of para-hydroxylation sites is 2. The number of likely N-dealkylation sites (tertiary alicyclic amines) is 1. The fraction of sp³-hybridized carbons (Fsp3) is 0.318. The van der Waals surface area contributed by atoms with E-state index in [0.29, 0.717) is 28.2 Å². The van der Waals surface area contributed by atoms with Gasteiger partial charge in [0.2, 0.25) is 5.91 Å². The van der Waals surface area contributed by atoms with E-state index in [1.165, 1.54) is 11.8 Å². The van der Waals surface area contributed by atoms with Gasteiger partial charge >= 0.3 is 0 Å². The van der Waals surface area contributed by atoms with Crippen LogP contribution in [0.1, 0.15) is 19.8 Å². The standard InChI is InChI=1S/C22H24N4O2S/c1-16-11-13-25(14-12-16)20(28)15-29-22-24-23-21(18-9-5-6-10-19(18)27)26(22)17-7-3-2-4-8-17/h2-10,16,27H,11-15H2,1H3. The fourth-order valence-electron chi connectivity index (χ4n) is 3.49. The van der Waals surface area contributed by atoms with E-state index < -0.39 is 0 Å². The molecule has 0 spiro atoms. The maximum absolute atomic E-state index is 12.7. The quantitative estimate of drug-likeness (QED) is 0.647. The lowest BCUT2D eigenvalue weighted by Gasteiger charge is -2.30. The Morgan fingerprint density at radius 2 is 1.76 bits per heavy atom. The molecule has 2 aromatic carbocycles. The Balaban J connectivity index is 1.60. The molecule has 0 atom stereocenters. The molecule has 150 valence electrons. The van der Waals surface area contributed by atoms with Gasteiger partial charge in [0.15, 0.2) is 11.0 Å². The van der Waals surface area contributed by atoms with Gasteiger partial charge in [-0.1, -0.05) is 49.0 Å². The molecule has 1 aromatic heterocycles. The number of carbonyl (C=O) groups is 1. The lowest BCUT2D eigenvalue weighted by atomic mass is 9.99. The van der Waals surface area contributed by atoms with Crippen LogP contribution in [0.3, 0.4) is 0 Å². The Hall–Kier alpha value is -2.80. The van der Waals surface area contributed by atoms with E-state index in [-0.39, 0.29) is 11.7 Å². The van der Waals surface area contributed by atoms with E-state index in [1.54, 1.807) is 12.1 Å². The van der Waals surface area contributed by atoms with Crippen molar-refractivity contribution in [2.45, 2.75) is 24.9 Å². The van der Waals surface area contributed by atoms with Crippen LogP contribution < -0.4 is 0 Å². The molecule has 29 heavy (non-hydrogen) atoms. The van der Waals surface area contributed by atoms with Gasteiger partial charge in [-0.3, -0.25) is 9.36 Å². The fourth-order valence-corrected chi connectivity index (χ4v) is 4.34. The number of hydrogen-bond acceptors (Lipinski definition) is 5. The molecule has 1 saturated heterocycles. The first-order valence-electron chi connectivity index (χ1n) is 9.83. The molecule has 1 N–H and O–H groups in total. The van der Waals surface area contributed by atoms with Gasteiger partial charge in [-0.15, -0.1) is 10.2 Å². The molecule has 0 bridgehead atoms. The number of phenols is 1. The van der Waals surface area contributed by atoms with E-state index in [9.17, 15) is 9.90 Å². The van der Waals surface area contributed by atoms with Crippen molar-refractivity contribution < 1.29 is 9.90 Å². The zero-order valence-corrected chi connectivity index (χ0v) is 17.2. The molecule has 2 heterocycles. The normalized spacial score (nSPS) is 14.9. The third-order valence-corrected chi connectivity index (χ3v) is 6.17. The van der Waals surface area contributed by atoms with Gasteiger partial charge in [-0.2, -0.15) is 0 Å². The van der Waals surface area contributed by atoms with Crippen molar-refractivity contribution in [3.05, 3.63) is 54.6 Å². The van der Waals surface area contributed by atoms with Gasteiger partial charge in [0.1, 0.15) is 5.75 Å². The summed E-state index contributed by atoms with van der Waals surface area (Å²) in [6.07, 6.45) is 2.13. The van der Waals surface area contributed by atoms with Crippen molar-refractivity contribution in [3.63, 3.8) is 0 Å². The summed E-state index contributed by atoms with van der Waals surface area (Å²) in [6, 6.07) is 16.8. The summed E-state index contributed by atoms with van der Waals surface area (Å²) >= 11 is 1.38. The highest BCUT2D eigenvalue weighted by Gasteiger charge is 2.23. The lowest BCUT2D eigenvalue weighted by Crippen LogP contribution is -2.38. The van der Waals surface area contributed by atoms with Crippen molar-refractivity contribution in [3.8, 4) is 22.8 Å². The predicted molar refractivity (Wildman–Crippen MR) is 114 cm³/mol. The maximum atomic E-state index is 12.7. The summed E-state index contributed by atoms with van der Waals surface area (Å²) < 4.78 is 1.89. The van der Waals surface area contributed by atoms with Crippen LogP contribution in [-0.2, 0) is 4.79 Å². The van der Waals surface area contributed by atoms with Gasteiger partial charge in [0.25, 0.3) is 0 Å². The first-order valence-corrected chi connectivity index (χ1v) is 10.8.